The number of aromatic amines is 1. The second kappa shape index (κ2) is 9.77. The van der Waals surface area contributed by atoms with Gasteiger partial charge in [0.05, 0.1) is 0 Å². The highest BCUT2D eigenvalue weighted by atomic mass is 16.5. The average molecular weight is 418 g/mol. The van der Waals surface area contributed by atoms with E-state index in [9.17, 15) is 24.3 Å². The molecule has 0 aliphatic heterocycles. The Hall–Kier alpha value is -3.56. The molecule has 0 aliphatic carbocycles. The normalized spacial score (nSPS) is 10.6. The van der Waals surface area contributed by atoms with Gasteiger partial charge in [-0.2, -0.15) is 0 Å². The summed E-state index contributed by atoms with van der Waals surface area (Å²) in [4.78, 5) is 52.5. The lowest BCUT2D eigenvalue weighted by Crippen LogP contribution is -2.42. The van der Waals surface area contributed by atoms with Crippen LogP contribution in [-0.2, 0) is 16.1 Å². The number of nitrogens with one attached hydrogen (secondary N) is 1. The van der Waals surface area contributed by atoms with Crippen LogP contribution in [0.2, 0.25) is 0 Å². The summed E-state index contributed by atoms with van der Waals surface area (Å²) in [7, 11) is 0. The number of amides is 1. The van der Waals surface area contributed by atoms with Crippen LogP contribution in [0, 0.1) is 6.92 Å². The molecular weight excluding hydrogens is 392 g/mol. The zero-order valence-electron chi connectivity index (χ0n) is 17.2. The zero-order chi connectivity index (χ0) is 22.4. The van der Waals surface area contributed by atoms with Gasteiger partial charge in [-0.05, 0) is 32.4 Å². The van der Waals surface area contributed by atoms with Gasteiger partial charge in [-0.25, -0.2) is 9.59 Å². The fourth-order valence-corrected chi connectivity index (χ4v) is 2.93. The number of carbonyl (C=O) groups excluding carboxylic acids is 2. The molecule has 10 heteroatoms. The molecule has 1 heterocycles. The third kappa shape index (κ3) is 4.88. The largest absolute Gasteiger partial charge is 0.507 e. The quantitative estimate of drug-likeness (QED) is 0.545. The van der Waals surface area contributed by atoms with Crippen LogP contribution in [0.25, 0.3) is 0 Å². The van der Waals surface area contributed by atoms with Crippen molar-refractivity contribution in [3.05, 3.63) is 50.2 Å². The van der Waals surface area contributed by atoms with E-state index in [1.807, 2.05) is 6.92 Å². The van der Waals surface area contributed by atoms with Crippen molar-refractivity contribution in [1.29, 1.82) is 0 Å². The first-order valence-corrected chi connectivity index (χ1v) is 9.60. The van der Waals surface area contributed by atoms with Crippen LogP contribution < -0.4 is 21.9 Å². The third-order valence-corrected chi connectivity index (χ3v) is 4.54. The number of phenols is 1. The van der Waals surface area contributed by atoms with E-state index in [-0.39, 0.29) is 35.9 Å². The number of phenolic OH excluding ortho intramolecular Hbond substituents is 1. The Bertz CT molecular complexity index is 1060. The maximum Gasteiger partial charge on any atom is 0.342 e. The van der Waals surface area contributed by atoms with Gasteiger partial charge in [0.2, 0.25) is 0 Å². The molecule has 0 aliphatic rings. The predicted octanol–water partition coefficient (Wildman–Crippen LogP) is 1.14. The number of aryl methyl sites for hydroxylation is 1. The average Bonchev–Trinajstić information content (AvgIpc) is 2.70. The maximum atomic E-state index is 12.7. The highest BCUT2D eigenvalue weighted by molar-refractivity contribution is 5.99. The van der Waals surface area contributed by atoms with Crippen LogP contribution in [0.1, 0.15) is 42.6 Å². The molecule has 0 bridgehead atoms. The number of unbranched alkanes of at least 4 members (excludes halogenated alkanes) is 1. The summed E-state index contributed by atoms with van der Waals surface area (Å²) in [5.41, 5.74) is 5.06. The molecular formula is C20H26N4O6. The lowest BCUT2D eigenvalue weighted by molar-refractivity contribution is -0.121. The van der Waals surface area contributed by atoms with Gasteiger partial charge in [0.25, 0.3) is 11.5 Å². The molecule has 0 saturated heterocycles. The first kappa shape index (κ1) is 22.7. The lowest BCUT2D eigenvalue weighted by Gasteiger charge is -2.23. The summed E-state index contributed by atoms with van der Waals surface area (Å²) in [6.45, 7) is 4.97. The van der Waals surface area contributed by atoms with Gasteiger partial charge in [0.15, 0.2) is 12.3 Å². The Morgan fingerprint density at radius 3 is 2.60 bits per heavy atom. The molecule has 0 unspecified atom stereocenters. The molecule has 1 aromatic heterocycles. The van der Waals surface area contributed by atoms with E-state index in [0.717, 1.165) is 16.9 Å². The van der Waals surface area contributed by atoms with Crippen LogP contribution in [0.5, 0.6) is 5.75 Å². The number of hydrogen-bond donors (Lipinski definition) is 3. The fraction of sp³-hybridized carbons (Fsp3) is 0.400. The number of aromatic nitrogens is 2. The zero-order valence-corrected chi connectivity index (χ0v) is 17.2. The maximum absolute atomic E-state index is 12.7. The molecule has 4 N–H and O–H groups in total. The number of ether oxygens (including phenoxy) is 1. The van der Waals surface area contributed by atoms with Crippen LogP contribution in [0.3, 0.4) is 0 Å². The predicted molar refractivity (Wildman–Crippen MR) is 112 cm³/mol. The number of benzene rings is 1. The van der Waals surface area contributed by atoms with E-state index in [1.165, 1.54) is 16.7 Å². The molecule has 0 atom stereocenters. The van der Waals surface area contributed by atoms with Gasteiger partial charge in [-0.3, -0.25) is 19.1 Å². The summed E-state index contributed by atoms with van der Waals surface area (Å²) in [5.74, 6) is -1.98. The number of rotatable bonds is 8. The number of likely N-dealkylation sites (N-methyl/N-ethyl adjacent to an activating group) is 1. The topological polar surface area (TPSA) is 148 Å². The molecule has 1 amide bonds. The molecule has 1 aromatic carbocycles. The van der Waals surface area contributed by atoms with Crippen molar-refractivity contribution in [2.24, 2.45) is 0 Å². The third-order valence-electron chi connectivity index (χ3n) is 4.54. The minimum Gasteiger partial charge on any atom is -0.507 e. The highest BCUT2D eigenvalue weighted by Crippen LogP contribution is 2.20. The van der Waals surface area contributed by atoms with Crippen molar-refractivity contribution in [3.8, 4) is 5.75 Å². The summed E-state index contributed by atoms with van der Waals surface area (Å²) in [6, 6.07) is 4.41. The monoisotopic (exact) mass is 418 g/mol. The molecule has 2 rings (SSSR count). The van der Waals surface area contributed by atoms with Crippen LogP contribution in [0.15, 0.2) is 27.8 Å². The van der Waals surface area contributed by atoms with Crippen molar-refractivity contribution in [2.75, 3.05) is 23.8 Å². The van der Waals surface area contributed by atoms with Crippen molar-refractivity contribution >= 4 is 23.4 Å². The standard InChI is InChI=1S/C20H26N4O6/c1-4-6-9-24-17(21)16(18(27)22-20(24)29)23(5-2)15(26)11-30-19(28)13-10-12(3)7-8-14(13)25/h7-8,10,25H,4-6,9,11,21H2,1-3H3,(H,22,27,29). The summed E-state index contributed by atoms with van der Waals surface area (Å²) < 4.78 is 6.22. The molecule has 2 aromatic rings. The highest BCUT2D eigenvalue weighted by Gasteiger charge is 2.24. The lowest BCUT2D eigenvalue weighted by atomic mass is 10.1. The first-order chi connectivity index (χ1) is 14.2. The number of nitrogen functional groups attached to an aromatic ring is 1. The Balaban J connectivity index is 2.26. The molecule has 0 saturated carbocycles. The van der Waals surface area contributed by atoms with Gasteiger partial charge in [-0.1, -0.05) is 25.0 Å². The molecule has 0 radical (unpaired) electrons. The minimum absolute atomic E-state index is 0.0609. The van der Waals surface area contributed by atoms with Gasteiger partial charge >= 0.3 is 11.7 Å². The number of nitrogens with zero attached hydrogens (tertiary/aromatic N) is 2. The molecule has 0 fully saturated rings. The molecule has 10 nitrogen and oxygen atoms in total. The van der Waals surface area contributed by atoms with Crippen molar-refractivity contribution in [2.45, 2.75) is 40.2 Å². The van der Waals surface area contributed by atoms with E-state index < -0.39 is 29.7 Å². The van der Waals surface area contributed by atoms with Crippen molar-refractivity contribution in [3.63, 3.8) is 0 Å². The fourth-order valence-electron chi connectivity index (χ4n) is 2.93. The Morgan fingerprint density at radius 2 is 1.97 bits per heavy atom. The Kier molecular flexibility index (Phi) is 7.40. The number of aromatic hydroxyl groups is 1. The van der Waals surface area contributed by atoms with Crippen molar-refractivity contribution < 1.29 is 19.4 Å². The van der Waals surface area contributed by atoms with Crippen LogP contribution in [-0.4, -0.2) is 39.7 Å². The summed E-state index contributed by atoms with van der Waals surface area (Å²) in [6.07, 6.45) is 1.46. The molecule has 162 valence electrons. The SMILES string of the molecule is CCCCn1c(N)c(N(CC)C(=O)COC(=O)c2cc(C)ccc2O)c(=O)[nH]c1=O. The van der Waals surface area contributed by atoms with Gasteiger partial charge in [0.1, 0.15) is 17.1 Å². The second-order valence-electron chi connectivity index (χ2n) is 6.73. The Labute approximate surface area is 172 Å². The second-order valence-corrected chi connectivity index (χ2v) is 6.73. The number of carbonyl (C=O) groups is 2. The molecule has 0 spiro atoms. The van der Waals surface area contributed by atoms with Crippen molar-refractivity contribution in [1.82, 2.24) is 9.55 Å². The number of hydrogen-bond acceptors (Lipinski definition) is 7. The number of H-pyrrole nitrogens is 1. The van der Waals surface area contributed by atoms with Gasteiger partial charge < -0.3 is 20.5 Å². The van der Waals surface area contributed by atoms with E-state index in [1.54, 1.807) is 19.9 Å². The van der Waals surface area contributed by atoms with E-state index >= 15 is 0 Å². The summed E-state index contributed by atoms with van der Waals surface area (Å²) in [5, 5.41) is 9.81. The Morgan fingerprint density at radius 1 is 1.27 bits per heavy atom. The number of anilines is 2. The van der Waals surface area contributed by atoms with Gasteiger partial charge in [0, 0.05) is 13.1 Å². The van der Waals surface area contributed by atoms with Crippen LogP contribution in [0.4, 0.5) is 11.5 Å². The smallest absolute Gasteiger partial charge is 0.342 e. The van der Waals surface area contributed by atoms with Crippen LogP contribution >= 0.6 is 0 Å². The number of esters is 1. The van der Waals surface area contributed by atoms with E-state index in [0.29, 0.717) is 6.42 Å². The van der Waals surface area contributed by atoms with Gasteiger partial charge in [-0.15, -0.1) is 0 Å². The summed E-state index contributed by atoms with van der Waals surface area (Å²) >= 11 is 0. The number of nitrogens with two attached hydrogens (primary N) is 1. The van der Waals surface area contributed by atoms with E-state index in [2.05, 4.69) is 4.98 Å². The minimum atomic E-state index is -0.879. The first-order valence-electron chi connectivity index (χ1n) is 9.60. The molecule has 30 heavy (non-hydrogen) atoms. The van der Waals surface area contributed by atoms with E-state index in [4.69, 9.17) is 10.5 Å².